The summed E-state index contributed by atoms with van der Waals surface area (Å²) in [6.45, 7) is 0. The summed E-state index contributed by atoms with van der Waals surface area (Å²) in [4.78, 5) is 25.2. The molecule has 0 radical (unpaired) electrons. The van der Waals surface area contributed by atoms with Crippen LogP contribution >= 0.6 is 0 Å². The Balaban J connectivity index is 1.99. The first kappa shape index (κ1) is 15.9. The highest BCUT2D eigenvalue weighted by molar-refractivity contribution is 5.93. The van der Waals surface area contributed by atoms with Crippen LogP contribution in [0, 0.1) is 10.1 Å². The van der Waals surface area contributed by atoms with Gasteiger partial charge in [0.2, 0.25) is 17.5 Å². The van der Waals surface area contributed by atoms with E-state index in [0.717, 1.165) is 12.1 Å². The summed E-state index contributed by atoms with van der Waals surface area (Å²) in [5.41, 5.74) is 5.37. The van der Waals surface area contributed by atoms with E-state index in [-0.39, 0.29) is 17.3 Å². The number of phenolic OH excluding ortho intramolecular Hbond substituents is 2. The van der Waals surface area contributed by atoms with Gasteiger partial charge in [-0.2, -0.15) is 4.98 Å². The van der Waals surface area contributed by atoms with Gasteiger partial charge in [0.25, 0.3) is 5.89 Å². The Labute approximate surface area is 139 Å². The lowest BCUT2D eigenvalue weighted by molar-refractivity contribution is -0.385. The summed E-state index contributed by atoms with van der Waals surface area (Å²) in [7, 11) is 0. The number of nitro benzene ring substituents is 1. The van der Waals surface area contributed by atoms with E-state index >= 15 is 0 Å². The standard InChI is InChI=1S/C15H10N4O6/c16-13(22)7-1-3-8(4-2-7)14-17-15(25-18-14)9-5-10(19(23)24)12(21)11(20)6-9/h1-6,20-21H,(H2,16,22). The maximum absolute atomic E-state index is 11.1. The molecular formula is C15H10N4O6. The molecule has 0 aliphatic heterocycles. The highest BCUT2D eigenvalue weighted by Crippen LogP contribution is 2.39. The van der Waals surface area contributed by atoms with Crippen LogP contribution in [-0.4, -0.2) is 31.2 Å². The zero-order chi connectivity index (χ0) is 18.1. The molecule has 10 heteroatoms. The molecule has 4 N–H and O–H groups in total. The molecule has 25 heavy (non-hydrogen) atoms. The lowest BCUT2D eigenvalue weighted by atomic mass is 10.1. The molecule has 0 spiro atoms. The Hall–Kier alpha value is -3.95. The number of rotatable bonds is 4. The number of hydrogen-bond donors (Lipinski definition) is 3. The lowest BCUT2D eigenvalue weighted by Crippen LogP contribution is -2.10. The second-order valence-corrected chi connectivity index (χ2v) is 4.98. The summed E-state index contributed by atoms with van der Waals surface area (Å²) in [5, 5.41) is 33.8. The zero-order valence-electron chi connectivity index (χ0n) is 12.4. The number of nitrogens with two attached hydrogens (primary N) is 1. The molecule has 1 amide bonds. The summed E-state index contributed by atoms with van der Waals surface area (Å²) in [6, 6.07) is 8.17. The minimum atomic E-state index is -0.851. The van der Waals surface area contributed by atoms with Gasteiger partial charge < -0.3 is 20.5 Å². The van der Waals surface area contributed by atoms with Gasteiger partial charge in [-0.15, -0.1) is 0 Å². The molecule has 0 fully saturated rings. The molecule has 0 bridgehead atoms. The smallest absolute Gasteiger partial charge is 0.315 e. The van der Waals surface area contributed by atoms with E-state index in [1.165, 1.54) is 12.1 Å². The Morgan fingerprint density at radius 1 is 1.16 bits per heavy atom. The zero-order valence-corrected chi connectivity index (χ0v) is 12.4. The van der Waals surface area contributed by atoms with Crippen molar-refractivity contribution >= 4 is 11.6 Å². The number of amides is 1. The molecule has 1 aromatic heterocycles. The van der Waals surface area contributed by atoms with Gasteiger partial charge in [0.1, 0.15) is 0 Å². The second-order valence-electron chi connectivity index (χ2n) is 4.98. The van der Waals surface area contributed by atoms with E-state index in [9.17, 15) is 25.1 Å². The monoisotopic (exact) mass is 342 g/mol. The van der Waals surface area contributed by atoms with Gasteiger partial charge >= 0.3 is 5.69 Å². The van der Waals surface area contributed by atoms with E-state index in [0.29, 0.717) is 11.1 Å². The van der Waals surface area contributed by atoms with E-state index in [1.54, 1.807) is 12.1 Å². The molecule has 3 aromatic rings. The topological polar surface area (TPSA) is 166 Å². The van der Waals surface area contributed by atoms with Crippen molar-refractivity contribution in [3.8, 4) is 34.3 Å². The van der Waals surface area contributed by atoms with Gasteiger partial charge in [0.15, 0.2) is 5.75 Å². The SMILES string of the molecule is NC(=O)c1ccc(-c2noc(-c3cc(O)c(O)c([N+](=O)[O-])c3)n2)cc1. The summed E-state index contributed by atoms with van der Waals surface area (Å²) in [6.07, 6.45) is 0. The van der Waals surface area contributed by atoms with Gasteiger partial charge in [-0.05, 0) is 18.2 Å². The van der Waals surface area contributed by atoms with E-state index in [1.807, 2.05) is 0 Å². The molecule has 10 nitrogen and oxygen atoms in total. The third-order valence-electron chi connectivity index (χ3n) is 3.37. The van der Waals surface area contributed by atoms with Crippen LogP contribution < -0.4 is 5.73 Å². The van der Waals surface area contributed by atoms with Crippen LogP contribution in [0.2, 0.25) is 0 Å². The van der Waals surface area contributed by atoms with E-state index < -0.39 is 28.0 Å². The fourth-order valence-corrected chi connectivity index (χ4v) is 2.11. The van der Waals surface area contributed by atoms with Crippen LogP contribution in [0.3, 0.4) is 0 Å². The van der Waals surface area contributed by atoms with Crippen molar-refractivity contribution in [2.45, 2.75) is 0 Å². The Morgan fingerprint density at radius 2 is 1.84 bits per heavy atom. The summed E-state index contributed by atoms with van der Waals surface area (Å²) in [5.74, 6) is -2.04. The average molecular weight is 342 g/mol. The van der Waals surface area contributed by atoms with Crippen LogP contribution in [0.1, 0.15) is 10.4 Å². The Morgan fingerprint density at radius 3 is 2.44 bits per heavy atom. The quantitative estimate of drug-likeness (QED) is 0.367. The first-order valence-corrected chi connectivity index (χ1v) is 6.81. The van der Waals surface area contributed by atoms with Crippen molar-refractivity contribution in [3.63, 3.8) is 0 Å². The van der Waals surface area contributed by atoms with E-state index in [4.69, 9.17) is 10.3 Å². The highest BCUT2D eigenvalue weighted by atomic mass is 16.6. The maximum Gasteiger partial charge on any atom is 0.315 e. The van der Waals surface area contributed by atoms with Crippen molar-refractivity contribution < 1.29 is 24.5 Å². The minimum Gasteiger partial charge on any atom is -0.504 e. The predicted octanol–water partition coefficient (Wildman–Crippen LogP) is 1.82. The number of aromatic hydroxyl groups is 2. The van der Waals surface area contributed by atoms with Crippen LogP contribution in [0.4, 0.5) is 5.69 Å². The number of nitrogens with zero attached hydrogens (tertiary/aromatic N) is 3. The first-order chi connectivity index (χ1) is 11.9. The van der Waals surface area contributed by atoms with Gasteiger partial charge in [-0.25, -0.2) is 0 Å². The number of carbonyl (C=O) groups excluding carboxylic acids is 1. The predicted molar refractivity (Wildman–Crippen MR) is 83.7 cm³/mol. The number of primary amides is 1. The summed E-state index contributed by atoms with van der Waals surface area (Å²) >= 11 is 0. The number of benzene rings is 2. The molecule has 2 aromatic carbocycles. The molecule has 0 saturated heterocycles. The number of nitro groups is 1. The van der Waals surface area contributed by atoms with Crippen molar-refractivity contribution in [2.75, 3.05) is 0 Å². The average Bonchev–Trinajstić information content (AvgIpc) is 3.07. The third-order valence-corrected chi connectivity index (χ3v) is 3.37. The van der Waals surface area contributed by atoms with Crippen LogP contribution in [-0.2, 0) is 0 Å². The van der Waals surface area contributed by atoms with Crippen molar-refractivity contribution in [2.24, 2.45) is 5.73 Å². The Kier molecular flexibility index (Phi) is 3.77. The number of aromatic nitrogens is 2. The highest BCUT2D eigenvalue weighted by Gasteiger charge is 2.22. The van der Waals surface area contributed by atoms with Crippen LogP contribution in [0.15, 0.2) is 40.9 Å². The lowest BCUT2D eigenvalue weighted by Gasteiger charge is -2.01. The van der Waals surface area contributed by atoms with Gasteiger partial charge in [-0.3, -0.25) is 14.9 Å². The summed E-state index contributed by atoms with van der Waals surface area (Å²) < 4.78 is 5.04. The number of phenols is 2. The molecule has 0 saturated carbocycles. The fraction of sp³-hybridized carbons (Fsp3) is 0. The molecule has 1 heterocycles. The minimum absolute atomic E-state index is 0.0644. The molecule has 0 aliphatic carbocycles. The number of carbonyl (C=O) groups is 1. The van der Waals surface area contributed by atoms with E-state index in [2.05, 4.69) is 10.1 Å². The van der Waals surface area contributed by atoms with Crippen LogP contribution in [0.5, 0.6) is 11.5 Å². The molecule has 0 atom stereocenters. The van der Waals surface area contributed by atoms with Crippen molar-refractivity contribution in [1.29, 1.82) is 0 Å². The largest absolute Gasteiger partial charge is 0.504 e. The second kappa shape index (κ2) is 5.92. The van der Waals surface area contributed by atoms with Crippen LogP contribution in [0.25, 0.3) is 22.8 Å². The van der Waals surface area contributed by atoms with Crippen molar-refractivity contribution in [3.05, 3.63) is 52.1 Å². The maximum atomic E-state index is 11.1. The Bertz CT molecular complexity index is 980. The molecule has 0 unspecified atom stereocenters. The van der Waals surface area contributed by atoms with Gasteiger partial charge in [-0.1, -0.05) is 17.3 Å². The molecular weight excluding hydrogens is 332 g/mol. The molecule has 3 rings (SSSR count). The molecule has 126 valence electrons. The number of hydrogen-bond acceptors (Lipinski definition) is 8. The van der Waals surface area contributed by atoms with Crippen molar-refractivity contribution in [1.82, 2.24) is 10.1 Å². The normalized spacial score (nSPS) is 10.6. The third kappa shape index (κ3) is 2.95. The first-order valence-electron chi connectivity index (χ1n) is 6.81. The molecule has 0 aliphatic rings. The van der Waals surface area contributed by atoms with Gasteiger partial charge in [0, 0.05) is 17.2 Å². The van der Waals surface area contributed by atoms with Gasteiger partial charge in [0.05, 0.1) is 10.5 Å². The fourth-order valence-electron chi connectivity index (χ4n) is 2.11.